The number of aryl methyl sites for hydroxylation is 2. The molecule has 156 valence electrons. The topological polar surface area (TPSA) is 75.3 Å². The van der Waals surface area contributed by atoms with Crippen molar-refractivity contribution in [3.8, 4) is 0 Å². The maximum Gasteiger partial charge on any atom is 0.241 e. The summed E-state index contributed by atoms with van der Waals surface area (Å²) in [4.78, 5) is 12.3. The van der Waals surface area contributed by atoms with Crippen LogP contribution in [-0.4, -0.2) is 14.3 Å². The van der Waals surface area contributed by atoms with Crippen molar-refractivity contribution in [2.45, 2.75) is 37.6 Å². The van der Waals surface area contributed by atoms with Gasteiger partial charge < -0.3 is 5.32 Å². The van der Waals surface area contributed by atoms with Crippen LogP contribution in [0, 0.1) is 6.92 Å². The van der Waals surface area contributed by atoms with E-state index in [9.17, 15) is 13.2 Å². The molecule has 0 aliphatic carbocycles. The van der Waals surface area contributed by atoms with Crippen molar-refractivity contribution in [2.24, 2.45) is 0 Å². The zero-order valence-electron chi connectivity index (χ0n) is 17.1. The van der Waals surface area contributed by atoms with Crippen LogP contribution in [0.15, 0.2) is 83.8 Å². The van der Waals surface area contributed by atoms with Crippen LogP contribution < -0.4 is 10.0 Å². The molecule has 0 bridgehead atoms. The minimum Gasteiger partial charge on any atom is -0.326 e. The van der Waals surface area contributed by atoms with Gasteiger partial charge in [0.05, 0.1) is 4.90 Å². The molecule has 1 atom stereocenters. The third-order valence-corrected chi connectivity index (χ3v) is 6.40. The maximum absolute atomic E-state index is 12.6. The number of amides is 1. The average molecular weight is 423 g/mol. The van der Waals surface area contributed by atoms with Gasteiger partial charge in [0.1, 0.15) is 0 Å². The molecule has 0 heterocycles. The first-order valence-corrected chi connectivity index (χ1v) is 11.3. The van der Waals surface area contributed by atoms with E-state index in [1.165, 1.54) is 0 Å². The zero-order valence-corrected chi connectivity index (χ0v) is 17.9. The Morgan fingerprint density at radius 2 is 1.53 bits per heavy atom. The molecule has 0 radical (unpaired) electrons. The second-order valence-electron chi connectivity index (χ2n) is 7.31. The molecule has 1 amide bonds. The Morgan fingerprint density at radius 1 is 0.900 bits per heavy atom. The first kappa shape index (κ1) is 21.7. The molecule has 0 fully saturated rings. The number of hydrogen-bond acceptors (Lipinski definition) is 3. The number of benzene rings is 3. The van der Waals surface area contributed by atoms with Crippen LogP contribution in [-0.2, 0) is 21.2 Å². The lowest BCUT2D eigenvalue weighted by molar-refractivity contribution is -0.116. The number of hydrogen-bond donors (Lipinski definition) is 2. The second-order valence-corrected chi connectivity index (χ2v) is 9.03. The van der Waals surface area contributed by atoms with Gasteiger partial charge >= 0.3 is 0 Å². The molecule has 5 nitrogen and oxygen atoms in total. The maximum atomic E-state index is 12.6. The van der Waals surface area contributed by atoms with Gasteiger partial charge in [-0.2, -0.15) is 0 Å². The van der Waals surface area contributed by atoms with E-state index in [2.05, 4.69) is 10.0 Å². The smallest absolute Gasteiger partial charge is 0.241 e. The highest BCUT2D eigenvalue weighted by atomic mass is 32.2. The van der Waals surface area contributed by atoms with Crippen molar-refractivity contribution in [3.05, 3.63) is 95.6 Å². The molecular weight excluding hydrogens is 396 g/mol. The Hall–Kier alpha value is -2.96. The van der Waals surface area contributed by atoms with Gasteiger partial charge in [-0.25, -0.2) is 13.1 Å². The fourth-order valence-electron chi connectivity index (χ4n) is 3.06. The van der Waals surface area contributed by atoms with Crippen LogP contribution in [0.1, 0.15) is 36.1 Å². The number of sulfonamides is 1. The van der Waals surface area contributed by atoms with Crippen molar-refractivity contribution < 1.29 is 13.2 Å². The van der Waals surface area contributed by atoms with E-state index >= 15 is 0 Å². The molecule has 2 N–H and O–H groups in total. The molecule has 0 aliphatic heterocycles. The third-order valence-electron chi connectivity index (χ3n) is 4.84. The van der Waals surface area contributed by atoms with Crippen molar-refractivity contribution in [2.75, 3.05) is 5.32 Å². The summed E-state index contributed by atoms with van der Waals surface area (Å²) in [6.45, 7) is 3.81. The number of carbonyl (C=O) groups is 1. The van der Waals surface area contributed by atoms with Gasteiger partial charge in [-0.3, -0.25) is 4.79 Å². The molecule has 0 saturated heterocycles. The Bertz CT molecular complexity index is 1080. The number of rotatable bonds is 8. The van der Waals surface area contributed by atoms with E-state index in [1.807, 2.05) is 68.4 Å². The van der Waals surface area contributed by atoms with Crippen molar-refractivity contribution in [1.82, 2.24) is 4.72 Å². The van der Waals surface area contributed by atoms with Gasteiger partial charge in [-0.1, -0.05) is 60.2 Å². The number of carbonyl (C=O) groups excluding carboxylic acids is 1. The standard InChI is InChI=1S/C24H26N2O3S/c1-18-8-13-22(14-9-18)25-24(27)17-12-20-10-15-23(16-11-20)30(28,29)26-19(2)21-6-4-3-5-7-21/h3-11,13-16,19,26H,12,17H2,1-2H3,(H,25,27)/t19-/m0/s1. The van der Waals surface area contributed by atoms with Gasteiger partial charge in [-0.05, 0) is 55.7 Å². The van der Waals surface area contributed by atoms with Crippen LogP contribution in [0.5, 0.6) is 0 Å². The van der Waals surface area contributed by atoms with Crippen molar-refractivity contribution in [1.29, 1.82) is 0 Å². The molecule has 0 aromatic heterocycles. The fourth-order valence-corrected chi connectivity index (χ4v) is 4.30. The van der Waals surface area contributed by atoms with Crippen LogP contribution in [0.4, 0.5) is 5.69 Å². The molecule has 3 aromatic carbocycles. The summed E-state index contributed by atoms with van der Waals surface area (Å²) in [6, 6.07) is 23.4. The zero-order chi connectivity index (χ0) is 21.6. The quantitative estimate of drug-likeness (QED) is 0.557. The Labute approximate surface area is 178 Å². The second kappa shape index (κ2) is 9.69. The van der Waals surface area contributed by atoms with Crippen molar-refractivity contribution in [3.63, 3.8) is 0 Å². The molecule has 3 rings (SSSR count). The fraction of sp³-hybridized carbons (Fsp3) is 0.208. The first-order valence-electron chi connectivity index (χ1n) is 9.86. The summed E-state index contributed by atoms with van der Waals surface area (Å²) in [7, 11) is -3.63. The molecule has 0 unspecified atom stereocenters. The Balaban J connectivity index is 1.56. The minimum absolute atomic E-state index is 0.0751. The van der Waals surface area contributed by atoms with E-state index in [4.69, 9.17) is 0 Å². The lowest BCUT2D eigenvalue weighted by Crippen LogP contribution is -2.26. The van der Waals surface area contributed by atoms with E-state index in [-0.39, 0.29) is 16.8 Å². The summed E-state index contributed by atoms with van der Waals surface area (Å²) in [5.74, 6) is -0.0751. The summed E-state index contributed by atoms with van der Waals surface area (Å²) >= 11 is 0. The highest BCUT2D eigenvalue weighted by molar-refractivity contribution is 7.89. The average Bonchev–Trinajstić information content (AvgIpc) is 2.74. The van der Waals surface area contributed by atoms with Crippen LogP contribution in [0.25, 0.3) is 0 Å². The Morgan fingerprint density at radius 3 is 2.17 bits per heavy atom. The highest BCUT2D eigenvalue weighted by Crippen LogP contribution is 2.18. The first-order chi connectivity index (χ1) is 14.3. The normalized spacial score (nSPS) is 12.3. The number of anilines is 1. The predicted molar refractivity (Wildman–Crippen MR) is 120 cm³/mol. The van der Waals surface area contributed by atoms with Crippen LogP contribution >= 0.6 is 0 Å². The van der Waals surface area contributed by atoms with Gasteiger partial charge in [0.25, 0.3) is 0 Å². The lowest BCUT2D eigenvalue weighted by Gasteiger charge is -2.15. The van der Waals surface area contributed by atoms with E-state index in [0.717, 1.165) is 22.4 Å². The van der Waals surface area contributed by atoms with Crippen LogP contribution in [0.3, 0.4) is 0 Å². The summed E-state index contributed by atoms with van der Waals surface area (Å²) < 4.78 is 28.0. The summed E-state index contributed by atoms with van der Waals surface area (Å²) in [5.41, 5.74) is 3.71. The summed E-state index contributed by atoms with van der Waals surface area (Å²) in [5, 5.41) is 2.87. The molecule has 0 spiro atoms. The lowest BCUT2D eigenvalue weighted by atomic mass is 10.1. The predicted octanol–water partition coefficient (Wildman–Crippen LogP) is 4.61. The van der Waals surface area contributed by atoms with E-state index in [1.54, 1.807) is 24.3 Å². The van der Waals surface area contributed by atoms with Gasteiger partial charge in [0.15, 0.2) is 0 Å². The Kier molecular flexibility index (Phi) is 7.03. The highest BCUT2D eigenvalue weighted by Gasteiger charge is 2.18. The van der Waals surface area contributed by atoms with E-state index in [0.29, 0.717) is 12.8 Å². The molecule has 0 aliphatic rings. The molecule has 30 heavy (non-hydrogen) atoms. The van der Waals surface area contributed by atoms with Gasteiger partial charge in [0.2, 0.25) is 15.9 Å². The minimum atomic E-state index is -3.63. The van der Waals surface area contributed by atoms with Crippen molar-refractivity contribution >= 4 is 21.6 Å². The monoisotopic (exact) mass is 422 g/mol. The van der Waals surface area contributed by atoms with Gasteiger partial charge in [-0.15, -0.1) is 0 Å². The van der Waals surface area contributed by atoms with Gasteiger partial charge in [0, 0.05) is 18.2 Å². The third kappa shape index (κ3) is 6.02. The summed E-state index contributed by atoms with van der Waals surface area (Å²) in [6.07, 6.45) is 0.856. The largest absolute Gasteiger partial charge is 0.326 e. The molecule has 0 saturated carbocycles. The number of nitrogens with one attached hydrogen (secondary N) is 2. The van der Waals surface area contributed by atoms with Crippen LogP contribution in [0.2, 0.25) is 0 Å². The molecule has 3 aromatic rings. The molecule has 6 heteroatoms. The SMILES string of the molecule is Cc1ccc(NC(=O)CCc2ccc(S(=O)(=O)N[C@@H](C)c3ccccc3)cc2)cc1. The van der Waals surface area contributed by atoms with E-state index < -0.39 is 10.0 Å². The molecular formula is C24H26N2O3S.